The van der Waals surface area contributed by atoms with Crippen molar-refractivity contribution in [2.24, 2.45) is 0 Å². The lowest BCUT2D eigenvalue weighted by Crippen LogP contribution is -2.26. The fourth-order valence-corrected chi connectivity index (χ4v) is 2.27. The van der Waals surface area contributed by atoms with E-state index in [2.05, 4.69) is 10.3 Å². The number of rotatable bonds is 5. The molecule has 1 heterocycles. The van der Waals surface area contributed by atoms with Gasteiger partial charge in [-0.3, -0.25) is 4.79 Å². The van der Waals surface area contributed by atoms with Crippen molar-refractivity contribution in [3.63, 3.8) is 0 Å². The molecule has 1 amide bonds. The molecule has 0 radical (unpaired) electrons. The predicted molar refractivity (Wildman–Crippen MR) is 86.8 cm³/mol. The number of benzene rings is 2. The molecule has 5 heteroatoms. The van der Waals surface area contributed by atoms with Crippen LogP contribution in [0.3, 0.4) is 0 Å². The van der Waals surface area contributed by atoms with E-state index in [1.54, 1.807) is 24.4 Å². The maximum Gasteiger partial charge on any atom is 0.252 e. The third kappa shape index (κ3) is 3.30. The molecular weight excluding hydrogens is 292 g/mol. The normalized spacial score (nSPS) is 10.5. The fourth-order valence-electron chi connectivity index (χ4n) is 2.27. The van der Waals surface area contributed by atoms with Crippen LogP contribution < -0.4 is 5.32 Å². The Morgan fingerprint density at radius 1 is 1.09 bits per heavy atom. The molecule has 116 valence electrons. The van der Waals surface area contributed by atoms with Crippen LogP contribution in [0.2, 0.25) is 0 Å². The van der Waals surface area contributed by atoms with Gasteiger partial charge in [-0.05, 0) is 12.1 Å². The van der Waals surface area contributed by atoms with Crippen LogP contribution in [0.15, 0.2) is 65.2 Å². The molecule has 0 saturated carbocycles. The van der Waals surface area contributed by atoms with E-state index < -0.39 is 0 Å². The van der Waals surface area contributed by atoms with Crippen LogP contribution in [-0.4, -0.2) is 29.1 Å². The quantitative estimate of drug-likeness (QED) is 0.760. The molecular formula is C18H16N2O3. The number of hydrogen-bond acceptors (Lipinski definition) is 4. The van der Waals surface area contributed by atoms with Gasteiger partial charge in [0.25, 0.3) is 5.91 Å². The van der Waals surface area contributed by atoms with Crippen molar-refractivity contribution in [1.29, 1.82) is 0 Å². The molecule has 2 N–H and O–H groups in total. The Bertz CT molecular complexity index is 797. The van der Waals surface area contributed by atoms with Gasteiger partial charge in [0, 0.05) is 17.7 Å². The smallest absolute Gasteiger partial charge is 0.252 e. The maximum absolute atomic E-state index is 12.2. The van der Waals surface area contributed by atoms with Gasteiger partial charge in [-0.15, -0.1) is 0 Å². The molecule has 0 spiro atoms. The number of aliphatic hydroxyl groups excluding tert-OH is 1. The zero-order valence-corrected chi connectivity index (χ0v) is 12.4. The van der Waals surface area contributed by atoms with Gasteiger partial charge in [-0.25, -0.2) is 4.98 Å². The van der Waals surface area contributed by atoms with Crippen LogP contribution >= 0.6 is 0 Å². The van der Waals surface area contributed by atoms with E-state index in [9.17, 15) is 4.79 Å². The Labute approximate surface area is 133 Å². The van der Waals surface area contributed by atoms with Crippen LogP contribution in [0, 0.1) is 0 Å². The lowest BCUT2D eigenvalue weighted by Gasteiger charge is -2.07. The van der Waals surface area contributed by atoms with Crippen molar-refractivity contribution in [3.05, 3.63) is 66.4 Å². The van der Waals surface area contributed by atoms with E-state index in [4.69, 9.17) is 9.52 Å². The number of amides is 1. The summed E-state index contributed by atoms with van der Waals surface area (Å²) in [5.41, 5.74) is 2.00. The first-order chi connectivity index (χ1) is 11.3. The summed E-state index contributed by atoms with van der Waals surface area (Å²) in [6.45, 7) is 0.0963. The van der Waals surface area contributed by atoms with Gasteiger partial charge in [-0.2, -0.15) is 0 Å². The summed E-state index contributed by atoms with van der Waals surface area (Å²) in [5, 5.41) is 11.5. The van der Waals surface area contributed by atoms with E-state index in [0.29, 0.717) is 22.8 Å². The van der Waals surface area contributed by atoms with E-state index in [1.165, 1.54) is 0 Å². The average molecular weight is 308 g/mol. The minimum Gasteiger partial charge on any atom is -0.436 e. The molecule has 0 fully saturated rings. The summed E-state index contributed by atoms with van der Waals surface area (Å²) in [4.78, 5) is 16.5. The minimum atomic E-state index is -0.269. The van der Waals surface area contributed by atoms with Crippen molar-refractivity contribution >= 4 is 5.91 Å². The van der Waals surface area contributed by atoms with Gasteiger partial charge < -0.3 is 14.8 Å². The highest BCUT2D eigenvalue weighted by Crippen LogP contribution is 2.28. The number of hydrogen-bond donors (Lipinski definition) is 2. The predicted octanol–water partition coefficient (Wildman–Crippen LogP) is 2.73. The van der Waals surface area contributed by atoms with Gasteiger partial charge in [-0.1, -0.05) is 42.5 Å². The molecule has 0 aliphatic rings. The molecule has 23 heavy (non-hydrogen) atoms. The maximum atomic E-state index is 12.2. The van der Waals surface area contributed by atoms with Crippen LogP contribution in [0.5, 0.6) is 0 Å². The summed E-state index contributed by atoms with van der Waals surface area (Å²) in [6, 6.07) is 16.7. The lowest BCUT2D eigenvalue weighted by atomic mass is 10.1. The highest BCUT2D eigenvalue weighted by atomic mass is 16.4. The largest absolute Gasteiger partial charge is 0.436 e. The summed E-state index contributed by atoms with van der Waals surface area (Å²) < 4.78 is 5.81. The Morgan fingerprint density at radius 2 is 1.83 bits per heavy atom. The number of carbonyl (C=O) groups excluding carboxylic acids is 1. The molecule has 0 saturated heterocycles. The van der Waals surface area contributed by atoms with Crippen LogP contribution in [0.4, 0.5) is 0 Å². The first-order valence-electron chi connectivity index (χ1n) is 7.29. The molecule has 3 aromatic rings. The monoisotopic (exact) mass is 308 g/mol. The molecule has 3 rings (SSSR count). The van der Waals surface area contributed by atoms with Crippen molar-refractivity contribution in [2.75, 3.05) is 13.2 Å². The Balaban J connectivity index is 1.94. The molecule has 1 aromatic heterocycles. The summed E-state index contributed by atoms with van der Waals surface area (Å²) in [7, 11) is 0. The summed E-state index contributed by atoms with van der Waals surface area (Å²) in [5.74, 6) is 0.763. The zero-order valence-electron chi connectivity index (χ0n) is 12.4. The van der Waals surface area contributed by atoms with Gasteiger partial charge >= 0.3 is 0 Å². The first-order valence-corrected chi connectivity index (χ1v) is 7.29. The van der Waals surface area contributed by atoms with Gasteiger partial charge in [0.1, 0.15) is 0 Å². The van der Waals surface area contributed by atoms with E-state index in [1.807, 2.05) is 36.4 Å². The number of carbonyl (C=O) groups is 1. The molecule has 0 unspecified atom stereocenters. The van der Waals surface area contributed by atoms with Gasteiger partial charge in [0.05, 0.1) is 18.4 Å². The first kappa shape index (κ1) is 15.0. The van der Waals surface area contributed by atoms with Crippen molar-refractivity contribution in [2.45, 2.75) is 0 Å². The SMILES string of the molecule is O=C(NCCO)c1ccccc1-c1ncc(-c2ccccc2)o1. The van der Waals surface area contributed by atoms with Crippen LogP contribution in [0.1, 0.15) is 10.4 Å². The molecule has 0 aliphatic carbocycles. The number of aliphatic hydroxyl groups is 1. The Kier molecular flexibility index (Phi) is 4.49. The third-order valence-electron chi connectivity index (χ3n) is 3.36. The average Bonchev–Trinajstić information content (AvgIpc) is 3.10. The standard InChI is InChI=1S/C18H16N2O3/c21-11-10-19-17(22)14-8-4-5-9-15(14)18-20-12-16(23-18)13-6-2-1-3-7-13/h1-9,12,21H,10-11H2,(H,19,22). The second kappa shape index (κ2) is 6.89. The molecule has 5 nitrogen and oxygen atoms in total. The molecule has 2 aromatic carbocycles. The third-order valence-corrected chi connectivity index (χ3v) is 3.36. The highest BCUT2D eigenvalue weighted by Gasteiger charge is 2.16. The number of oxazole rings is 1. The Hall–Kier alpha value is -2.92. The number of nitrogens with zero attached hydrogens (tertiary/aromatic N) is 1. The zero-order chi connectivity index (χ0) is 16.1. The molecule has 0 aliphatic heterocycles. The van der Waals surface area contributed by atoms with E-state index >= 15 is 0 Å². The van der Waals surface area contributed by atoms with Crippen LogP contribution in [-0.2, 0) is 0 Å². The Morgan fingerprint density at radius 3 is 2.61 bits per heavy atom. The van der Waals surface area contributed by atoms with Gasteiger partial charge in [0.15, 0.2) is 5.76 Å². The fraction of sp³-hybridized carbons (Fsp3) is 0.111. The van der Waals surface area contributed by atoms with Crippen LogP contribution in [0.25, 0.3) is 22.8 Å². The molecule has 0 bridgehead atoms. The van der Waals surface area contributed by atoms with Gasteiger partial charge in [0.2, 0.25) is 5.89 Å². The second-order valence-corrected chi connectivity index (χ2v) is 4.92. The lowest BCUT2D eigenvalue weighted by molar-refractivity contribution is 0.0945. The van der Waals surface area contributed by atoms with Crippen molar-refractivity contribution < 1.29 is 14.3 Å². The summed E-state index contributed by atoms with van der Waals surface area (Å²) in [6.07, 6.45) is 1.65. The second-order valence-electron chi connectivity index (χ2n) is 4.92. The highest BCUT2D eigenvalue weighted by molar-refractivity contribution is 6.00. The molecule has 0 atom stereocenters. The van der Waals surface area contributed by atoms with Crippen molar-refractivity contribution in [1.82, 2.24) is 10.3 Å². The summed E-state index contributed by atoms with van der Waals surface area (Å²) >= 11 is 0. The number of aromatic nitrogens is 1. The van der Waals surface area contributed by atoms with E-state index in [0.717, 1.165) is 5.56 Å². The van der Waals surface area contributed by atoms with E-state index in [-0.39, 0.29) is 19.1 Å². The minimum absolute atomic E-state index is 0.106. The van der Waals surface area contributed by atoms with Crippen molar-refractivity contribution in [3.8, 4) is 22.8 Å². The topological polar surface area (TPSA) is 75.4 Å². The number of nitrogens with one attached hydrogen (secondary N) is 1.